The summed E-state index contributed by atoms with van der Waals surface area (Å²) < 4.78 is 17.6. The number of hydrogen-bond donors (Lipinski definition) is 2. The molecule has 1 saturated carbocycles. The van der Waals surface area contributed by atoms with E-state index in [9.17, 15) is 14.7 Å². The fraction of sp³-hybridized carbons (Fsp3) is 0.562. The number of hydrogen-bond acceptors (Lipinski definition) is 7. The molecule has 2 N–H and O–H groups in total. The van der Waals surface area contributed by atoms with E-state index in [0.29, 0.717) is 31.1 Å². The topological polar surface area (TPSA) is 101 Å². The number of amides is 2. The molecule has 0 aromatic heterocycles. The Bertz CT molecular complexity index is 1230. The molecule has 0 unspecified atom stereocenters. The third-order valence-electron chi connectivity index (χ3n) is 8.54. The van der Waals surface area contributed by atoms with Crippen molar-refractivity contribution >= 4 is 17.5 Å². The lowest BCUT2D eigenvalue weighted by Gasteiger charge is -2.34. The summed E-state index contributed by atoms with van der Waals surface area (Å²) in [5.41, 5.74) is 2.53. The zero-order chi connectivity index (χ0) is 28.9. The van der Waals surface area contributed by atoms with Crippen LogP contribution in [0.4, 0.5) is 5.69 Å². The highest BCUT2D eigenvalue weighted by atomic mass is 16.7. The van der Waals surface area contributed by atoms with Crippen molar-refractivity contribution in [3.8, 4) is 17.2 Å². The summed E-state index contributed by atoms with van der Waals surface area (Å²) in [5, 5.41) is 13.0. The SMILES string of the molecule is C[C@H](CO)N1C[C@H](C)[C@@H](CN(C)Cc2ccc3c(c2)OCO3)Oc2ccc(NC(=O)C3CCCCC3)cc2CC1=O. The fourth-order valence-electron chi connectivity index (χ4n) is 6.06. The van der Waals surface area contributed by atoms with Gasteiger partial charge in [0.15, 0.2) is 11.5 Å². The summed E-state index contributed by atoms with van der Waals surface area (Å²) in [4.78, 5) is 30.4. The molecule has 0 spiro atoms. The van der Waals surface area contributed by atoms with Gasteiger partial charge in [-0.1, -0.05) is 32.3 Å². The van der Waals surface area contributed by atoms with Crippen molar-refractivity contribution in [1.29, 1.82) is 0 Å². The van der Waals surface area contributed by atoms with Gasteiger partial charge in [0.05, 0.1) is 19.1 Å². The van der Waals surface area contributed by atoms with Crippen LogP contribution < -0.4 is 19.5 Å². The maximum absolute atomic E-state index is 13.5. The number of ether oxygens (including phenoxy) is 3. The largest absolute Gasteiger partial charge is 0.488 e. The number of benzene rings is 2. The van der Waals surface area contributed by atoms with Crippen molar-refractivity contribution in [2.24, 2.45) is 11.8 Å². The van der Waals surface area contributed by atoms with E-state index in [1.165, 1.54) is 6.42 Å². The quantitative estimate of drug-likeness (QED) is 0.495. The van der Waals surface area contributed by atoms with Crippen molar-refractivity contribution in [1.82, 2.24) is 9.80 Å². The number of likely N-dealkylation sites (N-methyl/N-ethyl adjacent to an activating group) is 1. The molecule has 41 heavy (non-hydrogen) atoms. The minimum atomic E-state index is -0.312. The van der Waals surface area contributed by atoms with Crippen LogP contribution in [-0.2, 0) is 22.6 Å². The highest BCUT2D eigenvalue weighted by molar-refractivity contribution is 5.93. The Hall–Kier alpha value is -3.30. The van der Waals surface area contributed by atoms with Gasteiger partial charge in [-0.25, -0.2) is 0 Å². The van der Waals surface area contributed by atoms with Gasteiger partial charge in [0.25, 0.3) is 0 Å². The van der Waals surface area contributed by atoms with Crippen LogP contribution in [-0.4, -0.2) is 72.4 Å². The monoisotopic (exact) mass is 565 g/mol. The van der Waals surface area contributed by atoms with E-state index >= 15 is 0 Å². The molecule has 222 valence electrons. The second-order valence-corrected chi connectivity index (χ2v) is 11.9. The standard InChI is InChI=1S/C32H43N3O6/c1-21-16-35(22(2)19-36)31(37)15-25-14-26(33-32(38)24-7-5-4-6-8-24)10-12-27(25)41-30(21)18-34(3)17-23-9-11-28-29(13-23)40-20-39-28/h9-14,21-22,24,30,36H,4-8,15-20H2,1-3H3,(H,33,38)/t21-,22+,30+/m0/s1. The van der Waals surface area contributed by atoms with E-state index in [0.717, 1.165) is 48.3 Å². The molecule has 9 heteroatoms. The first-order chi connectivity index (χ1) is 19.8. The van der Waals surface area contributed by atoms with E-state index < -0.39 is 0 Å². The lowest BCUT2D eigenvalue weighted by Crippen LogP contribution is -2.47. The molecule has 3 aliphatic rings. The lowest BCUT2D eigenvalue weighted by atomic mass is 9.88. The van der Waals surface area contributed by atoms with Crippen molar-refractivity contribution in [3.63, 3.8) is 0 Å². The number of fused-ring (bicyclic) bond motifs is 2. The second-order valence-electron chi connectivity index (χ2n) is 11.9. The van der Waals surface area contributed by atoms with Crippen molar-refractivity contribution < 1.29 is 28.9 Å². The predicted molar refractivity (Wildman–Crippen MR) is 156 cm³/mol. The highest BCUT2D eigenvalue weighted by Crippen LogP contribution is 2.33. The minimum absolute atomic E-state index is 0.00350. The van der Waals surface area contributed by atoms with Crippen LogP contribution in [0.15, 0.2) is 36.4 Å². The summed E-state index contributed by atoms with van der Waals surface area (Å²) in [6.45, 7) is 5.89. The number of aliphatic hydroxyl groups excluding tert-OH is 1. The van der Waals surface area contributed by atoms with Gasteiger partial charge in [0.2, 0.25) is 18.6 Å². The van der Waals surface area contributed by atoms with Gasteiger partial charge in [-0.3, -0.25) is 14.5 Å². The van der Waals surface area contributed by atoms with E-state index in [1.807, 2.05) is 43.3 Å². The number of carbonyl (C=O) groups excluding carboxylic acids is 2. The molecule has 1 fully saturated rings. The fourth-order valence-corrected chi connectivity index (χ4v) is 6.06. The van der Waals surface area contributed by atoms with E-state index in [-0.39, 0.29) is 55.6 Å². The summed E-state index contributed by atoms with van der Waals surface area (Å²) in [6.07, 6.45) is 5.14. The van der Waals surface area contributed by atoms with Crippen LogP contribution in [0.3, 0.4) is 0 Å². The van der Waals surface area contributed by atoms with E-state index in [2.05, 4.69) is 24.2 Å². The number of carbonyl (C=O) groups is 2. The minimum Gasteiger partial charge on any atom is -0.488 e. The molecule has 2 heterocycles. The average Bonchev–Trinajstić information content (AvgIpc) is 3.45. The summed E-state index contributed by atoms with van der Waals surface area (Å²) >= 11 is 0. The van der Waals surface area contributed by atoms with Gasteiger partial charge in [-0.15, -0.1) is 0 Å². The Balaban J connectivity index is 1.35. The molecule has 9 nitrogen and oxygen atoms in total. The van der Waals surface area contributed by atoms with Gasteiger partial charge in [-0.2, -0.15) is 0 Å². The van der Waals surface area contributed by atoms with Gasteiger partial charge < -0.3 is 29.5 Å². The summed E-state index contributed by atoms with van der Waals surface area (Å²) in [5.74, 6) is 2.21. The van der Waals surface area contributed by atoms with Crippen molar-refractivity contribution in [3.05, 3.63) is 47.5 Å². The first-order valence-electron chi connectivity index (χ1n) is 14.9. The molecule has 2 amide bonds. The van der Waals surface area contributed by atoms with Crippen LogP contribution in [0.25, 0.3) is 0 Å². The van der Waals surface area contributed by atoms with Crippen LogP contribution in [0, 0.1) is 11.8 Å². The number of rotatable bonds is 8. The number of anilines is 1. The van der Waals surface area contributed by atoms with Crippen molar-refractivity contribution in [2.75, 3.05) is 38.9 Å². The summed E-state index contributed by atoms with van der Waals surface area (Å²) in [7, 11) is 2.05. The van der Waals surface area contributed by atoms with Gasteiger partial charge >= 0.3 is 0 Å². The Morgan fingerprint density at radius 1 is 1.10 bits per heavy atom. The molecule has 2 aliphatic heterocycles. The number of aliphatic hydroxyl groups is 1. The first-order valence-corrected chi connectivity index (χ1v) is 14.9. The van der Waals surface area contributed by atoms with Crippen molar-refractivity contribution in [2.45, 2.75) is 71.1 Å². The van der Waals surface area contributed by atoms with E-state index in [4.69, 9.17) is 14.2 Å². The lowest BCUT2D eigenvalue weighted by molar-refractivity contribution is -0.134. The molecule has 2 aromatic carbocycles. The number of nitrogens with one attached hydrogen (secondary N) is 1. The third kappa shape index (κ3) is 7.13. The Labute approximate surface area is 242 Å². The average molecular weight is 566 g/mol. The normalized spacial score (nSPS) is 21.9. The zero-order valence-electron chi connectivity index (χ0n) is 24.4. The Kier molecular flexibility index (Phi) is 9.35. The van der Waals surface area contributed by atoms with E-state index in [1.54, 1.807) is 4.90 Å². The maximum Gasteiger partial charge on any atom is 0.231 e. The first kappa shape index (κ1) is 29.2. The molecule has 2 aromatic rings. The van der Waals surface area contributed by atoms with Crippen LogP contribution in [0.5, 0.6) is 17.2 Å². The molecule has 3 atom stereocenters. The Morgan fingerprint density at radius 2 is 1.85 bits per heavy atom. The van der Waals surface area contributed by atoms with Crippen LogP contribution >= 0.6 is 0 Å². The van der Waals surface area contributed by atoms with Crippen LogP contribution in [0.1, 0.15) is 57.1 Å². The predicted octanol–water partition coefficient (Wildman–Crippen LogP) is 4.22. The molecule has 0 radical (unpaired) electrons. The zero-order valence-corrected chi connectivity index (χ0v) is 24.4. The molecule has 5 rings (SSSR count). The molecular weight excluding hydrogens is 522 g/mol. The smallest absolute Gasteiger partial charge is 0.231 e. The van der Waals surface area contributed by atoms with Gasteiger partial charge in [0.1, 0.15) is 11.9 Å². The van der Waals surface area contributed by atoms with Gasteiger partial charge in [-0.05, 0) is 62.7 Å². The Morgan fingerprint density at radius 3 is 2.63 bits per heavy atom. The summed E-state index contributed by atoms with van der Waals surface area (Å²) in [6, 6.07) is 11.3. The molecular formula is C32H43N3O6. The molecule has 0 saturated heterocycles. The third-order valence-corrected chi connectivity index (χ3v) is 8.54. The second kappa shape index (κ2) is 13.1. The molecule has 1 aliphatic carbocycles. The number of nitrogens with zero attached hydrogens (tertiary/aromatic N) is 2. The maximum atomic E-state index is 13.5. The molecule has 0 bridgehead atoms. The highest BCUT2D eigenvalue weighted by Gasteiger charge is 2.31. The van der Waals surface area contributed by atoms with Gasteiger partial charge in [0, 0.05) is 42.7 Å². The van der Waals surface area contributed by atoms with Crippen LogP contribution in [0.2, 0.25) is 0 Å².